The summed E-state index contributed by atoms with van der Waals surface area (Å²) >= 11 is 0. The highest BCUT2D eigenvalue weighted by Crippen LogP contribution is 2.45. The van der Waals surface area contributed by atoms with Crippen molar-refractivity contribution < 1.29 is 64.0 Å². The van der Waals surface area contributed by atoms with Gasteiger partial charge in [-0.1, -0.05) is 148 Å². The maximum Gasteiger partial charge on any atom is 0.472 e. The van der Waals surface area contributed by atoms with E-state index in [-0.39, 0.29) is 51.4 Å². The predicted octanol–water partition coefficient (Wildman–Crippen LogP) is 9.68. The molecule has 0 aliphatic heterocycles. The van der Waals surface area contributed by atoms with Gasteiger partial charge in [-0.25, -0.2) is 4.57 Å². The van der Waals surface area contributed by atoms with Crippen molar-refractivity contribution in [3.05, 3.63) is 24.3 Å². The van der Waals surface area contributed by atoms with Crippen LogP contribution in [0, 0.1) is 0 Å². The molecule has 0 spiro atoms. The van der Waals surface area contributed by atoms with Crippen molar-refractivity contribution in [2.75, 3.05) is 47.5 Å². The Morgan fingerprint density at radius 3 is 1.33 bits per heavy atom. The zero-order valence-electron chi connectivity index (χ0n) is 39.7. The SMILES string of the molecule is CCCCCCCC/C=C\CCCCCCCC(=O)OC[C@H](COP(=O)(O)OC(COC(=O)CC)C[N+](C)(C)C)OC(=O)CCCCCCC/C=C\CCCCCCCC.[Cl-]. The lowest BCUT2D eigenvalue weighted by Gasteiger charge is -2.29. The fourth-order valence-electron chi connectivity index (χ4n) is 6.71. The number of esters is 3. The van der Waals surface area contributed by atoms with Crippen LogP contribution in [-0.2, 0) is 42.2 Å². The maximum atomic E-state index is 13.1. The Bertz CT molecular complexity index is 1160. The molecule has 1 N–H and O–H groups in total. The average Bonchev–Trinajstić information content (AvgIpc) is 3.20. The van der Waals surface area contributed by atoms with Gasteiger partial charge in [-0.15, -0.1) is 0 Å². The molecule has 3 atom stereocenters. The zero-order chi connectivity index (χ0) is 44.6. The molecule has 0 bridgehead atoms. The Kier molecular flexibility index (Phi) is 42.4. The second kappa shape index (κ2) is 42.2. The highest BCUT2D eigenvalue weighted by Gasteiger charge is 2.33. The molecule has 0 saturated carbocycles. The number of halogens is 1. The molecule has 0 aromatic carbocycles. The number of unbranched alkanes of at least 4 members (excludes halogenated alkanes) is 22. The summed E-state index contributed by atoms with van der Waals surface area (Å²) < 4.78 is 40.4. The standard InChI is InChI=1S/C48H90NO10P.ClH/c1-7-10-12-14-16-18-20-22-24-26-28-30-32-34-36-38-47(51)56-42-45(43-57-60(53,54)59-44(40-49(4,5)6)41-55-46(50)9-3)58-48(52)39-37-35-33-31-29-27-25-23-21-19-17-15-13-11-8-2;/h22-25,44-45H,7-21,26-43H2,1-6H3;1H/b24-22-,25-23-;/t44?,45-;/m1./s1. The minimum atomic E-state index is -4.69. The fourth-order valence-corrected chi connectivity index (χ4v) is 7.63. The zero-order valence-corrected chi connectivity index (χ0v) is 41.3. The number of hydrogen-bond donors (Lipinski definition) is 1. The number of nitrogens with zero attached hydrogens (tertiary/aromatic N) is 1. The smallest absolute Gasteiger partial charge is 0.472 e. The van der Waals surface area contributed by atoms with Gasteiger partial charge in [0.15, 0.2) is 12.2 Å². The third-order valence-corrected chi connectivity index (χ3v) is 11.2. The molecule has 0 heterocycles. The predicted molar refractivity (Wildman–Crippen MR) is 245 cm³/mol. The monoisotopic (exact) mass is 908 g/mol. The van der Waals surface area contributed by atoms with Crippen molar-refractivity contribution in [1.29, 1.82) is 0 Å². The molecule has 0 fully saturated rings. The van der Waals surface area contributed by atoms with E-state index in [2.05, 4.69) is 38.2 Å². The summed E-state index contributed by atoms with van der Waals surface area (Å²) in [6.45, 7) is 5.35. The van der Waals surface area contributed by atoms with Gasteiger partial charge < -0.3 is 36.0 Å². The normalized spacial score (nSPS) is 13.8. The van der Waals surface area contributed by atoms with Crippen LogP contribution >= 0.6 is 7.82 Å². The molecular weight excluding hydrogens is 817 g/mol. The maximum absolute atomic E-state index is 13.1. The van der Waals surface area contributed by atoms with Gasteiger partial charge in [-0.05, 0) is 64.2 Å². The van der Waals surface area contributed by atoms with Crippen LogP contribution in [0.2, 0.25) is 0 Å². The third kappa shape index (κ3) is 44.6. The van der Waals surface area contributed by atoms with Crippen molar-refractivity contribution in [2.24, 2.45) is 0 Å². The number of rotatable bonds is 43. The van der Waals surface area contributed by atoms with E-state index < -0.39 is 44.5 Å². The lowest BCUT2D eigenvalue weighted by molar-refractivity contribution is -0.873. The number of hydrogen-bond acceptors (Lipinski definition) is 9. The summed E-state index contributed by atoms with van der Waals surface area (Å²) in [6.07, 6.45) is 37.8. The van der Waals surface area contributed by atoms with Gasteiger partial charge in [0.1, 0.15) is 19.8 Å². The van der Waals surface area contributed by atoms with E-state index in [4.69, 9.17) is 23.3 Å². The summed E-state index contributed by atoms with van der Waals surface area (Å²) in [5, 5.41) is 0. The molecule has 0 aromatic rings. The van der Waals surface area contributed by atoms with Gasteiger partial charge in [-0.3, -0.25) is 23.4 Å². The van der Waals surface area contributed by atoms with Crippen molar-refractivity contribution >= 4 is 25.7 Å². The molecule has 0 aromatic heterocycles. The van der Waals surface area contributed by atoms with Crippen LogP contribution in [-0.4, -0.2) is 87.0 Å². The minimum Gasteiger partial charge on any atom is -1.00 e. The number of phosphoric ester groups is 1. The highest BCUT2D eigenvalue weighted by atomic mass is 35.5. The van der Waals surface area contributed by atoms with Gasteiger partial charge in [0, 0.05) is 19.3 Å². The lowest BCUT2D eigenvalue weighted by Crippen LogP contribution is -3.00. The van der Waals surface area contributed by atoms with Crippen LogP contribution in [0.1, 0.15) is 207 Å². The number of likely N-dealkylation sites (N-methyl/N-ethyl adjacent to an activating group) is 1. The Morgan fingerprint density at radius 1 is 0.525 bits per heavy atom. The molecule has 0 aliphatic rings. The molecule has 0 amide bonds. The largest absolute Gasteiger partial charge is 1.00 e. The van der Waals surface area contributed by atoms with E-state index in [1.807, 2.05) is 21.1 Å². The Balaban J connectivity index is 0. The Hall–Kier alpha value is -1.75. The van der Waals surface area contributed by atoms with E-state index in [0.717, 1.165) is 70.6 Å². The summed E-state index contributed by atoms with van der Waals surface area (Å²) in [7, 11) is 0.929. The molecule has 360 valence electrons. The van der Waals surface area contributed by atoms with Gasteiger partial charge >= 0.3 is 25.7 Å². The highest BCUT2D eigenvalue weighted by molar-refractivity contribution is 7.47. The fraction of sp³-hybridized carbons (Fsp3) is 0.854. The first-order chi connectivity index (χ1) is 28.8. The average molecular weight is 909 g/mol. The second-order valence-corrected chi connectivity index (χ2v) is 18.9. The Morgan fingerprint density at radius 2 is 0.902 bits per heavy atom. The van der Waals surface area contributed by atoms with E-state index in [0.29, 0.717) is 17.3 Å². The summed E-state index contributed by atoms with van der Waals surface area (Å²) in [5.74, 6) is -1.37. The number of phosphoric acid groups is 1. The van der Waals surface area contributed by atoms with E-state index in [1.165, 1.54) is 83.5 Å². The summed E-state index contributed by atoms with van der Waals surface area (Å²) in [6, 6.07) is 0. The molecular formula is C48H91ClNO10P. The summed E-state index contributed by atoms with van der Waals surface area (Å²) in [4.78, 5) is 47.9. The quantitative estimate of drug-likeness (QED) is 0.0157. The molecule has 11 nitrogen and oxygen atoms in total. The molecule has 2 unspecified atom stereocenters. The van der Waals surface area contributed by atoms with Crippen LogP contribution in [0.3, 0.4) is 0 Å². The van der Waals surface area contributed by atoms with Crippen LogP contribution in [0.25, 0.3) is 0 Å². The second-order valence-electron chi connectivity index (χ2n) is 17.5. The molecule has 13 heteroatoms. The summed E-state index contributed by atoms with van der Waals surface area (Å²) in [5.41, 5.74) is 0. The lowest BCUT2D eigenvalue weighted by atomic mass is 10.1. The number of quaternary nitrogens is 1. The Labute approximate surface area is 379 Å². The first kappa shape index (κ1) is 61.3. The van der Waals surface area contributed by atoms with Crippen molar-refractivity contribution in [3.8, 4) is 0 Å². The molecule has 61 heavy (non-hydrogen) atoms. The van der Waals surface area contributed by atoms with Crippen molar-refractivity contribution in [1.82, 2.24) is 0 Å². The van der Waals surface area contributed by atoms with Gasteiger partial charge in [0.05, 0.1) is 27.7 Å². The van der Waals surface area contributed by atoms with Crippen molar-refractivity contribution in [3.63, 3.8) is 0 Å². The first-order valence-corrected chi connectivity index (χ1v) is 25.6. The number of allylic oxidation sites excluding steroid dienone is 4. The van der Waals surface area contributed by atoms with Gasteiger partial charge in [0.2, 0.25) is 0 Å². The van der Waals surface area contributed by atoms with Gasteiger partial charge in [0.25, 0.3) is 0 Å². The first-order valence-electron chi connectivity index (χ1n) is 24.1. The van der Waals surface area contributed by atoms with Crippen LogP contribution < -0.4 is 12.4 Å². The number of carbonyl (C=O) groups excluding carboxylic acids is 3. The van der Waals surface area contributed by atoms with Crippen LogP contribution in [0.5, 0.6) is 0 Å². The van der Waals surface area contributed by atoms with Crippen molar-refractivity contribution in [2.45, 2.75) is 219 Å². The molecule has 0 radical (unpaired) electrons. The number of carbonyl (C=O) groups is 3. The molecule has 0 aliphatic carbocycles. The number of ether oxygens (including phenoxy) is 3. The van der Waals surface area contributed by atoms with E-state index in [1.54, 1.807) is 6.92 Å². The third-order valence-electron chi connectivity index (χ3n) is 10.2. The topological polar surface area (TPSA) is 135 Å². The van der Waals surface area contributed by atoms with Crippen LogP contribution in [0.15, 0.2) is 24.3 Å². The van der Waals surface area contributed by atoms with E-state index in [9.17, 15) is 23.8 Å². The van der Waals surface area contributed by atoms with Gasteiger partial charge in [-0.2, -0.15) is 0 Å². The minimum absolute atomic E-state index is 0. The molecule has 0 saturated heterocycles. The van der Waals surface area contributed by atoms with Crippen LogP contribution in [0.4, 0.5) is 0 Å². The molecule has 0 rings (SSSR count). The van der Waals surface area contributed by atoms with E-state index >= 15 is 0 Å².